The summed E-state index contributed by atoms with van der Waals surface area (Å²) in [5.41, 5.74) is 1.89. The molecule has 4 nitrogen and oxygen atoms in total. The number of rotatable bonds is 4. The number of carbonyl (C=O) groups is 1. The Labute approximate surface area is 113 Å². The van der Waals surface area contributed by atoms with Crippen molar-refractivity contribution in [1.82, 2.24) is 9.55 Å². The van der Waals surface area contributed by atoms with E-state index in [1.807, 2.05) is 42.1 Å². The molecule has 18 heavy (non-hydrogen) atoms. The van der Waals surface area contributed by atoms with Gasteiger partial charge in [0.2, 0.25) is 0 Å². The average Bonchev–Trinajstić information content (AvgIpc) is 2.69. The van der Waals surface area contributed by atoms with Crippen molar-refractivity contribution in [3.63, 3.8) is 0 Å². The maximum atomic E-state index is 10.6. The molecule has 0 aliphatic rings. The van der Waals surface area contributed by atoms with E-state index in [2.05, 4.69) is 20.9 Å². The van der Waals surface area contributed by atoms with Gasteiger partial charge in [0.15, 0.2) is 0 Å². The third kappa shape index (κ3) is 2.98. The molecular weight excluding hydrogens is 296 g/mol. The molecule has 2 rings (SSSR count). The summed E-state index contributed by atoms with van der Waals surface area (Å²) in [6.45, 7) is 0. The van der Waals surface area contributed by atoms with Gasteiger partial charge in [0, 0.05) is 29.7 Å². The molecule has 94 valence electrons. The number of aromatic nitrogens is 2. The van der Waals surface area contributed by atoms with Crippen LogP contribution in [0.25, 0.3) is 11.3 Å². The Bertz CT molecular complexity index is 561. The first-order valence-corrected chi connectivity index (χ1v) is 6.35. The van der Waals surface area contributed by atoms with E-state index < -0.39 is 5.97 Å². The lowest BCUT2D eigenvalue weighted by molar-refractivity contribution is -0.137. The maximum absolute atomic E-state index is 10.6. The molecule has 0 bridgehead atoms. The third-order valence-corrected chi connectivity index (χ3v) is 3.20. The summed E-state index contributed by atoms with van der Waals surface area (Å²) in [5, 5.41) is 8.68. The molecule has 0 aliphatic carbocycles. The van der Waals surface area contributed by atoms with Crippen LogP contribution in [-0.2, 0) is 18.3 Å². The van der Waals surface area contributed by atoms with Crippen LogP contribution in [0.15, 0.2) is 34.9 Å². The standard InChI is InChI=1S/C13H13BrN2O2/c1-16-8-11(9-2-4-10(14)5-3-9)15-12(16)6-7-13(17)18/h2-5,8H,6-7H2,1H3,(H,17,18). The van der Waals surface area contributed by atoms with E-state index in [9.17, 15) is 4.79 Å². The monoisotopic (exact) mass is 308 g/mol. The molecule has 1 aromatic carbocycles. The lowest BCUT2D eigenvalue weighted by Gasteiger charge is -1.97. The Morgan fingerprint density at radius 2 is 2.06 bits per heavy atom. The van der Waals surface area contributed by atoms with Gasteiger partial charge in [0.25, 0.3) is 0 Å². The van der Waals surface area contributed by atoms with E-state index in [4.69, 9.17) is 5.11 Å². The predicted octanol–water partition coefficient (Wildman–Crippen LogP) is 2.87. The van der Waals surface area contributed by atoms with Crippen LogP contribution in [0.1, 0.15) is 12.2 Å². The zero-order valence-corrected chi connectivity index (χ0v) is 11.5. The fourth-order valence-corrected chi connectivity index (χ4v) is 1.98. The topological polar surface area (TPSA) is 55.1 Å². The van der Waals surface area contributed by atoms with Crippen molar-refractivity contribution < 1.29 is 9.90 Å². The third-order valence-electron chi connectivity index (χ3n) is 2.68. The second-order valence-corrected chi connectivity index (χ2v) is 4.97. The second-order valence-electron chi connectivity index (χ2n) is 4.05. The highest BCUT2D eigenvalue weighted by molar-refractivity contribution is 9.10. The molecule has 0 atom stereocenters. The highest BCUT2D eigenvalue weighted by atomic mass is 79.9. The molecule has 1 heterocycles. The molecule has 0 amide bonds. The van der Waals surface area contributed by atoms with Gasteiger partial charge in [-0.3, -0.25) is 4.79 Å². The fourth-order valence-electron chi connectivity index (χ4n) is 1.72. The minimum Gasteiger partial charge on any atom is -0.481 e. The van der Waals surface area contributed by atoms with Gasteiger partial charge in [0.05, 0.1) is 12.1 Å². The normalized spacial score (nSPS) is 10.6. The molecule has 0 fully saturated rings. The van der Waals surface area contributed by atoms with Gasteiger partial charge < -0.3 is 9.67 Å². The zero-order valence-electron chi connectivity index (χ0n) is 9.93. The Balaban J connectivity index is 2.22. The van der Waals surface area contributed by atoms with Crippen LogP contribution in [0.3, 0.4) is 0 Å². The lowest BCUT2D eigenvalue weighted by atomic mass is 10.2. The largest absolute Gasteiger partial charge is 0.481 e. The van der Waals surface area contributed by atoms with E-state index in [-0.39, 0.29) is 6.42 Å². The number of hydrogen-bond donors (Lipinski definition) is 1. The van der Waals surface area contributed by atoms with E-state index in [1.54, 1.807) is 0 Å². The van der Waals surface area contributed by atoms with Crippen LogP contribution < -0.4 is 0 Å². The zero-order chi connectivity index (χ0) is 13.1. The summed E-state index contributed by atoms with van der Waals surface area (Å²) >= 11 is 3.39. The van der Waals surface area contributed by atoms with Gasteiger partial charge >= 0.3 is 5.97 Å². The highest BCUT2D eigenvalue weighted by Crippen LogP contribution is 2.21. The van der Waals surface area contributed by atoms with Crippen LogP contribution in [0.4, 0.5) is 0 Å². The van der Waals surface area contributed by atoms with Crippen molar-refractivity contribution in [2.24, 2.45) is 7.05 Å². The molecule has 0 saturated carbocycles. The van der Waals surface area contributed by atoms with Gasteiger partial charge in [-0.05, 0) is 12.1 Å². The van der Waals surface area contributed by atoms with E-state index >= 15 is 0 Å². The molecule has 5 heteroatoms. The van der Waals surface area contributed by atoms with Crippen LogP contribution in [0.2, 0.25) is 0 Å². The molecule has 0 unspecified atom stereocenters. The number of aryl methyl sites for hydroxylation is 2. The van der Waals surface area contributed by atoms with Gasteiger partial charge in [-0.25, -0.2) is 4.98 Å². The minimum absolute atomic E-state index is 0.102. The summed E-state index contributed by atoms with van der Waals surface area (Å²) in [6.07, 6.45) is 2.47. The minimum atomic E-state index is -0.803. The van der Waals surface area contributed by atoms with E-state index in [0.29, 0.717) is 6.42 Å². The van der Waals surface area contributed by atoms with Gasteiger partial charge in [-0.2, -0.15) is 0 Å². The van der Waals surface area contributed by atoms with E-state index in [1.165, 1.54) is 0 Å². The van der Waals surface area contributed by atoms with Crippen LogP contribution in [-0.4, -0.2) is 20.6 Å². The molecule has 1 N–H and O–H groups in total. The van der Waals surface area contributed by atoms with Crippen molar-refractivity contribution in [3.05, 3.63) is 40.8 Å². The number of carboxylic acids is 1. The number of imidazole rings is 1. The van der Waals surface area contributed by atoms with Gasteiger partial charge in [0.1, 0.15) is 5.82 Å². The summed E-state index contributed by atoms with van der Waals surface area (Å²) in [7, 11) is 1.88. The number of halogens is 1. The molecule has 0 radical (unpaired) electrons. The first kappa shape index (κ1) is 12.8. The van der Waals surface area contributed by atoms with Crippen molar-refractivity contribution in [2.75, 3.05) is 0 Å². The first-order chi connectivity index (χ1) is 8.56. The Morgan fingerprint density at radius 3 is 2.67 bits per heavy atom. The van der Waals surface area contributed by atoms with Crippen LogP contribution >= 0.6 is 15.9 Å². The van der Waals surface area contributed by atoms with Crippen molar-refractivity contribution in [2.45, 2.75) is 12.8 Å². The van der Waals surface area contributed by atoms with Crippen molar-refractivity contribution in [1.29, 1.82) is 0 Å². The second kappa shape index (κ2) is 5.35. The fraction of sp³-hybridized carbons (Fsp3) is 0.231. The Hall–Kier alpha value is -1.62. The van der Waals surface area contributed by atoms with Gasteiger partial charge in [-0.15, -0.1) is 0 Å². The summed E-state index contributed by atoms with van der Waals surface area (Å²) in [4.78, 5) is 15.0. The van der Waals surface area contributed by atoms with Crippen molar-refractivity contribution >= 4 is 21.9 Å². The van der Waals surface area contributed by atoms with Gasteiger partial charge in [-0.1, -0.05) is 28.1 Å². The number of hydrogen-bond acceptors (Lipinski definition) is 2. The number of benzene rings is 1. The number of aliphatic carboxylic acids is 1. The molecule has 0 aliphatic heterocycles. The molecule has 0 spiro atoms. The predicted molar refractivity (Wildman–Crippen MR) is 72.3 cm³/mol. The molecular formula is C13H13BrN2O2. The Kier molecular flexibility index (Phi) is 3.81. The van der Waals surface area contributed by atoms with Crippen LogP contribution in [0.5, 0.6) is 0 Å². The van der Waals surface area contributed by atoms with Crippen molar-refractivity contribution in [3.8, 4) is 11.3 Å². The highest BCUT2D eigenvalue weighted by Gasteiger charge is 2.08. The Morgan fingerprint density at radius 1 is 1.39 bits per heavy atom. The van der Waals surface area contributed by atoms with Crippen LogP contribution in [0, 0.1) is 0 Å². The van der Waals surface area contributed by atoms with E-state index in [0.717, 1.165) is 21.6 Å². The summed E-state index contributed by atoms with van der Waals surface area (Å²) < 4.78 is 2.90. The quantitative estimate of drug-likeness (QED) is 0.945. The maximum Gasteiger partial charge on any atom is 0.303 e. The SMILES string of the molecule is Cn1cc(-c2ccc(Br)cc2)nc1CCC(=O)O. The summed E-state index contributed by atoms with van der Waals surface area (Å²) in [5.74, 6) is -0.0153. The average molecular weight is 309 g/mol. The summed E-state index contributed by atoms with van der Waals surface area (Å²) in [6, 6.07) is 7.88. The molecule has 2 aromatic rings. The smallest absolute Gasteiger partial charge is 0.303 e. The number of carboxylic acid groups (broad SMARTS) is 1. The number of nitrogens with zero attached hydrogens (tertiary/aromatic N) is 2. The molecule has 0 saturated heterocycles. The molecule has 1 aromatic heterocycles. The first-order valence-electron chi connectivity index (χ1n) is 5.56. The lowest BCUT2D eigenvalue weighted by Crippen LogP contribution is -2.02.